The lowest BCUT2D eigenvalue weighted by atomic mass is 9.95. The molecule has 2 aliphatic heterocycles. The molecule has 202 valence electrons. The molecule has 2 saturated heterocycles. The van der Waals surface area contributed by atoms with Crippen molar-refractivity contribution in [1.82, 2.24) is 14.7 Å². The molecule has 1 aromatic heterocycles. The largest absolute Gasteiger partial charge is 0.467 e. The van der Waals surface area contributed by atoms with Crippen LogP contribution in [0.3, 0.4) is 0 Å². The molecule has 2 aromatic rings. The first-order chi connectivity index (χ1) is 18.1. The molecule has 3 heterocycles. The van der Waals surface area contributed by atoms with Crippen molar-refractivity contribution in [1.29, 1.82) is 0 Å². The monoisotopic (exact) mass is 511 g/mol. The van der Waals surface area contributed by atoms with E-state index < -0.39 is 0 Å². The van der Waals surface area contributed by atoms with Crippen LogP contribution in [0.4, 0.5) is 0 Å². The van der Waals surface area contributed by atoms with E-state index in [1.165, 1.54) is 0 Å². The van der Waals surface area contributed by atoms with Gasteiger partial charge in [-0.15, -0.1) is 0 Å². The van der Waals surface area contributed by atoms with Crippen molar-refractivity contribution in [2.75, 3.05) is 59.1 Å². The second-order valence-corrected chi connectivity index (χ2v) is 9.93. The number of furan rings is 1. The van der Waals surface area contributed by atoms with Gasteiger partial charge in [0.05, 0.1) is 44.6 Å². The van der Waals surface area contributed by atoms with Crippen LogP contribution >= 0.6 is 0 Å². The molecule has 0 radical (unpaired) electrons. The summed E-state index contributed by atoms with van der Waals surface area (Å²) in [5, 5.41) is 0. The summed E-state index contributed by atoms with van der Waals surface area (Å²) in [5.74, 6) is 0.398. The molecule has 2 fully saturated rings. The molecule has 0 saturated carbocycles. The molecule has 37 heavy (non-hydrogen) atoms. The Bertz CT molecular complexity index is 940. The summed E-state index contributed by atoms with van der Waals surface area (Å²) in [4.78, 5) is 33.5. The Morgan fingerprint density at radius 3 is 2.54 bits per heavy atom. The Labute approximate surface area is 220 Å². The maximum absolute atomic E-state index is 13.9. The fourth-order valence-corrected chi connectivity index (χ4v) is 5.18. The van der Waals surface area contributed by atoms with Gasteiger partial charge in [-0.25, -0.2) is 0 Å². The third-order valence-corrected chi connectivity index (χ3v) is 7.28. The van der Waals surface area contributed by atoms with Crippen LogP contribution in [0.15, 0.2) is 53.1 Å². The maximum atomic E-state index is 13.9. The van der Waals surface area contributed by atoms with Crippen LogP contribution in [-0.4, -0.2) is 91.7 Å². The molecule has 0 N–H and O–H groups in total. The highest BCUT2D eigenvalue weighted by Gasteiger charge is 2.29. The van der Waals surface area contributed by atoms with Gasteiger partial charge in [-0.3, -0.25) is 14.5 Å². The van der Waals surface area contributed by atoms with E-state index in [0.29, 0.717) is 26.1 Å². The second kappa shape index (κ2) is 14.3. The summed E-state index contributed by atoms with van der Waals surface area (Å²) in [6, 6.07) is 13.6. The molecule has 1 aromatic carbocycles. The van der Waals surface area contributed by atoms with Crippen molar-refractivity contribution in [3.63, 3.8) is 0 Å². The number of morpholine rings is 1. The average molecular weight is 512 g/mol. The average Bonchev–Trinajstić information content (AvgIpc) is 3.64. The van der Waals surface area contributed by atoms with E-state index in [9.17, 15) is 9.59 Å². The Hall–Kier alpha value is -2.68. The van der Waals surface area contributed by atoms with E-state index in [-0.39, 0.29) is 30.4 Å². The van der Waals surface area contributed by atoms with E-state index in [4.69, 9.17) is 13.9 Å². The summed E-state index contributed by atoms with van der Waals surface area (Å²) in [6.45, 7) is 8.44. The molecular weight excluding hydrogens is 470 g/mol. The van der Waals surface area contributed by atoms with E-state index in [1.54, 1.807) is 16.1 Å². The van der Waals surface area contributed by atoms with Crippen LogP contribution in [0.1, 0.15) is 49.8 Å². The van der Waals surface area contributed by atoms with E-state index >= 15 is 0 Å². The minimum absolute atomic E-state index is 0.0130. The highest BCUT2D eigenvalue weighted by molar-refractivity contribution is 5.88. The number of carbonyl (C=O) groups is 2. The maximum Gasteiger partial charge on any atom is 0.242 e. The SMILES string of the molecule is CCC(C(=O)N(CCCN1CCOCC1)CC(=O)N(Cc1ccco1)CC1CCCO1)c1ccccc1. The van der Waals surface area contributed by atoms with Gasteiger partial charge in [0, 0.05) is 39.3 Å². The second-order valence-electron chi connectivity index (χ2n) is 9.93. The van der Waals surface area contributed by atoms with Crippen LogP contribution in [0.2, 0.25) is 0 Å². The Morgan fingerprint density at radius 2 is 1.86 bits per heavy atom. The number of rotatable bonds is 13. The summed E-state index contributed by atoms with van der Waals surface area (Å²) in [5.41, 5.74) is 0.993. The van der Waals surface area contributed by atoms with Crippen molar-refractivity contribution >= 4 is 11.8 Å². The fraction of sp³-hybridized carbons (Fsp3) is 0.586. The third-order valence-electron chi connectivity index (χ3n) is 7.28. The van der Waals surface area contributed by atoms with Gasteiger partial charge in [-0.1, -0.05) is 37.3 Å². The minimum Gasteiger partial charge on any atom is -0.467 e. The number of hydrogen-bond donors (Lipinski definition) is 0. The van der Waals surface area contributed by atoms with Gasteiger partial charge in [-0.05, 0) is 43.4 Å². The summed E-state index contributed by atoms with van der Waals surface area (Å²) in [6.07, 6.45) is 5.09. The van der Waals surface area contributed by atoms with Crippen LogP contribution in [0.5, 0.6) is 0 Å². The van der Waals surface area contributed by atoms with Crippen molar-refractivity contribution in [3.8, 4) is 0 Å². The predicted octanol–water partition coefficient (Wildman–Crippen LogP) is 3.53. The van der Waals surface area contributed by atoms with E-state index in [1.807, 2.05) is 49.4 Å². The molecular formula is C29H41N3O5. The van der Waals surface area contributed by atoms with Gasteiger partial charge in [0.25, 0.3) is 0 Å². The molecule has 2 amide bonds. The number of amides is 2. The predicted molar refractivity (Wildman–Crippen MR) is 141 cm³/mol. The zero-order valence-electron chi connectivity index (χ0n) is 22.1. The molecule has 8 nitrogen and oxygen atoms in total. The van der Waals surface area contributed by atoms with Crippen LogP contribution < -0.4 is 0 Å². The first kappa shape index (κ1) is 27.4. The highest BCUT2D eigenvalue weighted by atomic mass is 16.5. The van der Waals surface area contributed by atoms with E-state index in [0.717, 1.165) is 70.0 Å². The molecule has 2 unspecified atom stereocenters. The quantitative estimate of drug-likeness (QED) is 0.410. The number of ether oxygens (including phenoxy) is 2. The molecule has 2 atom stereocenters. The number of benzene rings is 1. The van der Waals surface area contributed by atoms with Gasteiger partial charge in [-0.2, -0.15) is 0 Å². The lowest BCUT2D eigenvalue weighted by molar-refractivity contribution is -0.143. The van der Waals surface area contributed by atoms with Gasteiger partial charge < -0.3 is 23.7 Å². The molecule has 8 heteroatoms. The Kier molecular flexibility index (Phi) is 10.6. The lowest BCUT2D eigenvalue weighted by Crippen LogP contribution is -2.47. The fourth-order valence-electron chi connectivity index (χ4n) is 5.18. The normalized spacial score (nSPS) is 19.0. The van der Waals surface area contributed by atoms with Crippen LogP contribution in [0, 0.1) is 0 Å². The highest BCUT2D eigenvalue weighted by Crippen LogP contribution is 2.23. The smallest absolute Gasteiger partial charge is 0.242 e. The first-order valence-electron chi connectivity index (χ1n) is 13.7. The lowest BCUT2D eigenvalue weighted by Gasteiger charge is -2.32. The molecule has 0 bridgehead atoms. The Balaban J connectivity index is 1.47. The number of hydrogen-bond acceptors (Lipinski definition) is 6. The molecule has 0 aliphatic carbocycles. The number of nitrogens with zero attached hydrogens (tertiary/aromatic N) is 3. The zero-order valence-corrected chi connectivity index (χ0v) is 22.1. The summed E-state index contributed by atoms with van der Waals surface area (Å²) < 4.78 is 16.8. The number of carbonyl (C=O) groups excluding carboxylic acids is 2. The van der Waals surface area contributed by atoms with Gasteiger partial charge in [0.1, 0.15) is 5.76 Å². The third kappa shape index (κ3) is 8.15. The summed E-state index contributed by atoms with van der Waals surface area (Å²) in [7, 11) is 0. The van der Waals surface area contributed by atoms with Crippen molar-refractivity contribution < 1.29 is 23.5 Å². The van der Waals surface area contributed by atoms with Gasteiger partial charge in [0.2, 0.25) is 11.8 Å². The molecule has 4 rings (SSSR count). The van der Waals surface area contributed by atoms with Gasteiger partial charge in [0.15, 0.2) is 0 Å². The summed E-state index contributed by atoms with van der Waals surface area (Å²) >= 11 is 0. The van der Waals surface area contributed by atoms with Crippen molar-refractivity contribution in [3.05, 3.63) is 60.1 Å². The Morgan fingerprint density at radius 1 is 1.05 bits per heavy atom. The van der Waals surface area contributed by atoms with Crippen molar-refractivity contribution in [2.45, 2.75) is 51.2 Å². The molecule has 2 aliphatic rings. The van der Waals surface area contributed by atoms with Crippen LogP contribution in [0.25, 0.3) is 0 Å². The van der Waals surface area contributed by atoms with E-state index in [2.05, 4.69) is 4.90 Å². The van der Waals surface area contributed by atoms with Gasteiger partial charge >= 0.3 is 0 Å². The standard InChI is InChI=1S/C29H41N3O5/c1-2-27(24-9-4-3-5-10-24)29(34)31(14-8-13-30-15-19-35-20-16-30)23-28(33)32(21-25-11-6-17-36-25)22-26-12-7-18-37-26/h3-6,9-11,17,26-27H,2,7-8,12-16,18-23H2,1H3. The topological polar surface area (TPSA) is 75.5 Å². The first-order valence-corrected chi connectivity index (χ1v) is 13.7. The molecule has 0 spiro atoms. The minimum atomic E-state index is -0.269. The zero-order chi connectivity index (χ0) is 25.9. The van der Waals surface area contributed by atoms with Crippen molar-refractivity contribution in [2.24, 2.45) is 0 Å². The van der Waals surface area contributed by atoms with Crippen LogP contribution in [-0.2, 0) is 25.6 Å².